The molecule has 9 heteroatoms. The van der Waals surface area contributed by atoms with Crippen molar-refractivity contribution in [1.29, 1.82) is 0 Å². The summed E-state index contributed by atoms with van der Waals surface area (Å²) in [6.07, 6.45) is 0. The molecule has 2 aromatic carbocycles. The van der Waals surface area contributed by atoms with E-state index in [9.17, 15) is 18.5 Å². The highest BCUT2D eigenvalue weighted by molar-refractivity contribution is 9.10. The Morgan fingerprint density at radius 2 is 1.96 bits per heavy atom. The van der Waals surface area contributed by atoms with Crippen LogP contribution in [0.1, 0.15) is 11.6 Å². The van der Waals surface area contributed by atoms with Gasteiger partial charge < -0.3 is 5.32 Å². The third kappa shape index (κ3) is 3.74. The van der Waals surface area contributed by atoms with Crippen LogP contribution in [-0.4, -0.2) is 37.3 Å². The molecule has 3 rings (SSSR count). The van der Waals surface area contributed by atoms with E-state index in [1.165, 1.54) is 28.6 Å². The summed E-state index contributed by atoms with van der Waals surface area (Å²) in [5.41, 5.74) is 0.553. The Kier molecular flexibility index (Phi) is 5.19. The minimum absolute atomic E-state index is 0.177. The second kappa shape index (κ2) is 7.20. The minimum atomic E-state index is -3.95. The van der Waals surface area contributed by atoms with Crippen LogP contribution >= 0.6 is 15.9 Å². The molecule has 132 valence electrons. The van der Waals surface area contributed by atoms with Crippen molar-refractivity contribution >= 4 is 31.6 Å². The molecular formula is C16H16BrN3O4S. The first-order chi connectivity index (χ1) is 11.9. The fourth-order valence-electron chi connectivity index (χ4n) is 2.85. The monoisotopic (exact) mass is 425 g/mol. The van der Waals surface area contributed by atoms with Crippen LogP contribution < -0.4 is 5.32 Å². The van der Waals surface area contributed by atoms with Gasteiger partial charge in [-0.3, -0.25) is 10.1 Å². The number of nitro groups is 1. The first-order valence-corrected chi connectivity index (χ1v) is 9.85. The van der Waals surface area contributed by atoms with Crippen LogP contribution in [-0.2, 0) is 10.0 Å². The van der Waals surface area contributed by atoms with Gasteiger partial charge in [0.2, 0.25) is 10.0 Å². The third-order valence-corrected chi connectivity index (χ3v) is 6.47. The molecule has 7 nitrogen and oxygen atoms in total. The number of nitrogens with zero attached hydrogens (tertiary/aromatic N) is 2. The average molecular weight is 426 g/mol. The van der Waals surface area contributed by atoms with Crippen molar-refractivity contribution in [2.45, 2.75) is 10.9 Å². The zero-order valence-corrected chi connectivity index (χ0v) is 15.5. The van der Waals surface area contributed by atoms with Gasteiger partial charge in [-0.1, -0.05) is 40.2 Å². The number of benzene rings is 2. The lowest BCUT2D eigenvalue weighted by Gasteiger charge is -2.33. The number of halogens is 1. The third-order valence-electron chi connectivity index (χ3n) is 4.07. The topological polar surface area (TPSA) is 92.5 Å². The number of sulfonamides is 1. The van der Waals surface area contributed by atoms with Crippen molar-refractivity contribution in [2.24, 2.45) is 0 Å². The van der Waals surface area contributed by atoms with Gasteiger partial charge in [-0.05, 0) is 23.8 Å². The molecule has 0 amide bonds. The normalized spacial score (nSPS) is 18.8. The maximum atomic E-state index is 12.9. The molecule has 1 heterocycles. The maximum Gasteiger partial charge on any atom is 0.289 e. The predicted octanol–water partition coefficient (Wildman–Crippen LogP) is 2.69. The largest absolute Gasteiger partial charge is 0.308 e. The fraction of sp³-hybridized carbons (Fsp3) is 0.250. The van der Waals surface area contributed by atoms with E-state index >= 15 is 0 Å². The number of rotatable bonds is 4. The van der Waals surface area contributed by atoms with E-state index in [4.69, 9.17) is 0 Å². The van der Waals surface area contributed by atoms with Crippen molar-refractivity contribution in [2.75, 3.05) is 19.6 Å². The van der Waals surface area contributed by atoms with Crippen LogP contribution in [0.5, 0.6) is 0 Å². The fourth-order valence-corrected chi connectivity index (χ4v) is 4.88. The van der Waals surface area contributed by atoms with Crippen molar-refractivity contribution in [1.82, 2.24) is 9.62 Å². The Balaban J connectivity index is 1.92. The lowest BCUT2D eigenvalue weighted by Crippen LogP contribution is -2.48. The van der Waals surface area contributed by atoms with E-state index in [1.807, 2.05) is 24.3 Å². The highest BCUT2D eigenvalue weighted by atomic mass is 79.9. The van der Waals surface area contributed by atoms with Crippen molar-refractivity contribution < 1.29 is 13.3 Å². The van der Waals surface area contributed by atoms with E-state index in [1.54, 1.807) is 0 Å². The summed E-state index contributed by atoms with van der Waals surface area (Å²) in [6, 6.07) is 12.9. The van der Waals surface area contributed by atoms with Crippen LogP contribution in [0.15, 0.2) is 57.9 Å². The summed E-state index contributed by atoms with van der Waals surface area (Å²) in [5, 5.41) is 14.5. The van der Waals surface area contributed by atoms with Crippen LogP contribution in [0, 0.1) is 10.1 Å². The molecule has 1 aliphatic heterocycles. The Morgan fingerprint density at radius 3 is 2.68 bits per heavy atom. The van der Waals surface area contributed by atoms with E-state index in [0.717, 1.165) is 10.0 Å². The molecule has 1 unspecified atom stereocenters. The number of hydrogen-bond acceptors (Lipinski definition) is 5. The molecule has 25 heavy (non-hydrogen) atoms. The summed E-state index contributed by atoms with van der Waals surface area (Å²) in [5.74, 6) is 0. The number of piperazine rings is 1. The number of para-hydroxylation sites is 1. The van der Waals surface area contributed by atoms with Gasteiger partial charge in [-0.2, -0.15) is 4.31 Å². The zero-order chi connectivity index (χ0) is 18.0. The Bertz CT molecular complexity index is 904. The number of nitrogens with one attached hydrogen (secondary N) is 1. The Labute approximate surface area is 154 Å². The first kappa shape index (κ1) is 18.0. The van der Waals surface area contributed by atoms with Gasteiger partial charge in [0.15, 0.2) is 4.90 Å². The van der Waals surface area contributed by atoms with Crippen LogP contribution in [0.4, 0.5) is 5.69 Å². The van der Waals surface area contributed by atoms with Crippen molar-refractivity contribution in [3.8, 4) is 0 Å². The van der Waals surface area contributed by atoms with Crippen molar-refractivity contribution in [3.63, 3.8) is 0 Å². The highest BCUT2D eigenvalue weighted by Crippen LogP contribution is 2.29. The van der Waals surface area contributed by atoms with Crippen LogP contribution in [0.3, 0.4) is 0 Å². The van der Waals surface area contributed by atoms with E-state index in [2.05, 4.69) is 21.2 Å². The van der Waals surface area contributed by atoms with Gasteiger partial charge in [0.1, 0.15) is 0 Å². The first-order valence-electron chi connectivity index (χ1n) is 7.62. The van der Waals surface area contributed by atoms with Gasteiger partial charge >= 0.3 is 0 Å². The minimum Gasteiger partial charge on any atom is -0.308 e. The quantitative estimate of drug-likeness (QED) is 0.600. The van der Waals surface area contributed by atoms with Gasteiger partial charge in [0, 0.05) is 36.2 Å². The summed E-state index contributed by atoms with van der Waals surface area (Å²) in [6.45, 7) is 0.945. The summed E-state index contributed by atoms with van der Waals surface area (Å²) in [7, 11) is -3.95. The van der Waals surface area contributed by atoms with Crippen molar-refractivity contribution in [3.05, 3.63) is 68.7 Å². The lowest BCUT2D eigenvalue weighted by molar-refractivity contribution is -0.387. The van der Waals surface area contributed by atoms with Gasteiger partial charge in [0.05, 0.1) is 4.92 Å². The van der Waals surface area contributed by atoms with E-state index < -0.39 is 20.6 Å². The Hall–Kier alpha value is -1.81. The van der Waals surface area contributed by atoms with Gasteiger partial charge in [-0.15, -0.1) is 0 Å². The SMILES string of the molecule is O=[N+]([O-])c1ccccc1S(=O)(=O)N1CCNC(c2cccc(Br)c2)C1. The molecule has 0 saturated carbocycles. The lowest BCUT2D eigenvalue weighted by atomic mass is 10.1. The van der Waals surface area contributed by atoms with Gasteiger partial charge in [0.25, 0.3) is 5.69 Å². The molecule has 1 fully saturated rings. The van der Waals surface area contributed by atoms with E-state index in [-0.39, 0.29) is 24.0 Å². The summed E-state index contributed by atoms with van der Waals surface area (Å²) in [4.78, 5) is 10.2. The molecular weight excluding hydrogens is 410 g/mol. The number of hydrogen-bond donors (Lipinski definition) is 1. The highest BCUT2D eigenvalue weighted by Gasteiger charge is 2.34. The molecule has 1 atom stereocenters. The molecule has 0 spiro atoms. The molecule has 2 aromatic rings. The zero-order valence-electron chi connectivity index (χ0n) is 13.1. The second-order valence-corrected chi connectivity index (χ2v) is 8.47. The summed E-state index contributed by atoms with van der Waals surface area (Å²) >= 11 is 3.41. The standard InChI is InChI=1S/C16H16BrN3O4S/c17-13-5-3-4-12(10-13)14-11-19(9-8-18-14)25(23,24)16-7-2-1-6-15(16)20(21)22/h1-7,10,14,18H,8-9,11H2. The Morgan fingerprint density at radius 1 is 1.20 bits per heavy atom. The summed E-state index contributed by atoms with van der Waals surface area (Å²) < 4.78 is 28.1. The molecule has 1 saturated heterocycles. The van der Waals surface area contributed by atoms with Crippen LogP contribution in [0.25, 0.3) is 0 Å². The molecule has 0 bridgehead atoms. The van der Waals surface area contributed by atoms with E-state index in [0.29, 0.717) is 6.54 Å². The average Bonchev–Trinajstić information content (AvgIpc) is 2.62. The molecule has 1 aliphatic rings. The van der Waals surface area contributed by atoms with Crippen LogP contribution in [0.2, 0.25) is 0 Å². The molecule has 0 aliphatic carbocycles. The number of nitro benzene ring substituents is 1. The predicted molar refractivity (Wildman–Crippen MR) is 96.7 cm³/mol. The maximum absolute atomic E-state index is 12.9. The molecule has 0 radical (unpaired) electrons. The van der Waals surface area contributed by atoms with Gasteiger partial charge in [-0.25, -0.2) is 8.42 Å². The smallest absolute Gasteiger partial charge is 0.289 e. The molecule has 1 N–H and O–H groups in total. The molecule has 0 aromatic heterocycles. The second-order valence-electron chi connectivity index (χ2n) is 5.65.